The number of aliphatic hydroxyl groups excluding tert-OH is 1. The molecule has 1 unspecified atom stereocenters. The van der Waals surface area contributed by atoms with Crippen LogP contribution in [0.25, 0.3) is 0 Å². The van der Waals surface area contributed by atoms with E-state index >= 15 is 0 Å². The Morgan fingerprint density at radius 2 is 2.05 bits per heavy atom. The van der Waals surface area contributed by atoms with Gasteiger partial charge in [0.1, 0.15) is 0 Å². The Morgan fingerprint density at radius 1 is 1.32 bits per heavy atom. The first-order valence-electron chi connectivity index (χ1n) is 6.42. The van der Waals surface area contributed by atoms with Gasteiger partial charge in [-0.15, -0.1) is 0 Å². The van der Waals surface area contributed by atoms with E-state index in [-0.39, 0.29) is 11.3 Å². The van der Waals surface area contributed by atoms with Crippen LogP contribution in [0.2, 0.25) is 0 Å². The molecule has 22 heavy (non-hydrogen) atoms. The Balaban J connectivity index is 2.24. The number of aliphatic hydroxyl groups is 1. The van der Waals surface area contributed by atoms with Crippen LogP contribution in [0, 0.1) is 10.1 Å². The van der Waals surface area contributed by atoms with Gasteiger partial charge in [-0.3, -0.25) is 14.9 Å². The van der Waals surface area contributed by atoms with Crippen molar-refractivity contribution in [1.29, 1.82) is 0 Å². The van der Waals surface area contributed by atoms with Crippen molar-refractivity contribution < 1.29 is 14.8 Å². The normalized spacial score (nSPS) is 11.8. The molecule has 114 valence electrons. The molecule has 2 rings (SSSR count). The smallest absolute Gasteiger partial charge is 0.284 e. The van der Waals surface area contributed by atoms with Crippen LogP contribution in [0.1, 0.15) is 28.9 Å². The zero-order valence-electron chi connectivity index (χ0n) is 11.6. The average Bonchev–Trinajstić information content (AvgIpc) is 2.47. The highest BCUT2D eigenvalue weighted by atomic mass is 79.9. The standard InChI is InChI=1S/C15H13BrN2O4/c1-9(19)10-3-2-4-12(7-10)17-15(20)11-5-6-13(16)14(8-11)18(21)22/h2-9,19H,1H3,(H,17,20). The second-order valence-corrected chi connectivity index (χ2v) is 5.53. The third kappa shape index (κ3) is 3.69. The lowest BCUT2D eigenvalue weighted by Gasteiger charge is -2.09. The van der Waals surface area contributed by atoms with E-state index in [2.05, 4.69) is 21.2 Å². The van der Waals surface area contributed by atoms with E-state index in [4.69, 9.17) is 0 Å². The largest absolute Gasteiger partial charge is 0.389 e. The summed E-state index contributed by atoms with van der Waals surface area (Å²) in [5.74, 6) is -0.460. The van der Waals surface area contributed by atoms with E-state index in [1.165, 1.54) is 18.2 Å². The summed E-state index contributed by atoms with van der Waals surface area (Å²) in [7, 11) is 0. The minimum Gasteiger partial charge on any atom is -0.389 e. The molecule has 6 nitrogen and oxygen atoms in total. The number of nitro groups is 1. The fraction of sp³-hybridized carbons (Fsp3) is 0.133. The molecule has 0 fully saturated rings. The number of hydrogen-bond acceptors (Lipinski definition) is 4. The third-order valence-corrected chi connectivity index (χ3v) is 3.70. The predicted octanol–water partition coefficient (Wildman–Crippen LogP) is 3.66. The van der Waals surface area contributed by atoms with E-state index in [1.807, 2.05) is 0 Å². The van der Waals surface area contributed by atoms with Gasteiger partial charge in [0.2, 0.25) is 0 Å². The number of halogens is 1. The fourth-order valence-electron chi connectivity index (χ4n) is 1.87. The van der Waals surface area contributed by atoms with Crippen molar-refractivity contribution in [3.8, 4) is 0 Å². The Morgan fingerprint density at radius 3 is 2.68 bits per heavy atom. The zero-order chi connectivity index (χ0) is 16.3. The molecule has 0 aromatic heterocycles. The van der Waals surface area contributed by atoms with Crippen LogP contribution in [-0.2, 0) is 0 Å². The summed E-state index contributed by atoms with van der Waals surface area (Å²) in [6.45, 7) is 1.62. The lowest BCUT2D eigenvalue weighted by Crippen LogP contribution is -2.12. The number of hydrogen-bond donors (Lipinski definition) is 2. The average molecular weight is 365 g/mol. The monoisotopic (exact) mass is 364 g/mol. The molecule has 1 amide bonds. The molecule has 0 heterocycles. The van der Waals surface area contributed by atoms with Crippen LogP contribution in [0.5, 0.6) is 0 Å². The van der Waals surface area contributed by atoms with Crippen LogP contribution < -0.4 is 5.32 Å². The highest BCUT2D eigenvalue weighted by Crippen LogP contribution is 2.26. The van der Waals surface area contributed by atoms with E-state index in [9.17, 15) is 20.0 Å². The summed E-state index contributed by atoms with van der Waals surface area (Å²) >= 11 is 3.07. The Kier molecular flexibility index (Phi) is 4.89. The lowest BCUT2D eigenvalue weighted by atomic mass is 10.1. The van der Waals surface area contributed by atoms with Crippen molar-refractivity contribution in [3.05, 3.63) is 68.2 Å². The number of amides is 1. The maximum Gasteiger partial charge on any atom is 0.284 e. The second kappa shape index (κ2) is 6.67. The molecule has 0 saturated heterocycles. The van der Waals surface area contributed by atoms with E-state index in [0.717, 1.165) is 0 Å². The van der Waals surface area contributed by atoms with Gasteiger partial charge in [0, 0.05) is 17.3 Å². The summed E-state index contributed by atoms with van der Waals surface area (Å²) in [5.41, 5.74) is 1.18. The number of anilines is 1. The number of rotatable bonds is 4. The zero-order valence-corrected chi connectivity index (χ0v) is 13.2. The van der Waals surface area contributed by atoms with Gasteiger partial charge in [0.25, 0.3) is 11.6 Å². The molecule has 0 bridgehead atoms. The first kappa shape index (κ1) is 16.1. The van der Waals surface area contributed by atoms with Crippen molar-refractivity contribution in [2.24, 2.45) is 0 Å². The topological polar surface area (TPSA) is 92.5 Å². The van der Waals surface area contributed by atoms with Gasteiger partial charge in [-0.25, -0.2) is 0 Å². The van der Waals surface area contributed by atoms with Gasteiger partial charge in [0.15, 0.2) is 0 Å². The van der Waals surface area contributed by atoms with Crippen molar-refractivity contribution >= 4 is 33.2 Å². The minimum atomic E-state index is -0.648. The predicted molar refractivity (Wildman–Crippen MR) is 85.8 cm³/mol. The van der Waals surface area contributed by atoms with Crippen LogP contribution in [0.4, 0.5) is 11.4 Å². The highest BCUT2D eigenvalue weighted by Gasteiger charge is 2.16. The summed E-state index contributed by atoms with van der Waals surface area (Å²) in [6.07, 6.45) is -0.648. The summed E-state index contributed by atoms with van der Waals surface area (Å²) in [4.78, 5) is 22.5. The van der Waals surface area contributed by atoms with Crippen molar-refractivity contribution in [1.82, 2.24) is 0 Å². The number of carbonyl (C=O) groups is 1. The molecule has 0 radical (unpaired) electrons. The number of carbonyl (C=O) groups excluding carboxylic acids is 1. The van der Waals surface area contributed by atoms with E-state index in [1.54, 1.807) is 31.2 Å². The molecule has 2 N–H and O–H groups in total. The van der Waals surface area contributed by atoms with Gasteiger partial charge in [-0.1, -0.05) is 12.1 Å². The van der Waals surface area contributed by atoms with Gasteiger partial charge in [0.05, 0.1) is 15.5 Å². The third-order valence-electron chi connectivity index (χ3n) is 3.03. The number of nitrogens with zero attached hydrogens (tertiary/aromatic N) is 1. The molecule has 0 spiro atoms. The van der Waals surface area contributed by atoms with Crippen LogP contribution in [0.3, 0.4) is 0 Å². The van der Waals surface area contributed by atoms with Crippen LogP contribution in [-0.4, -0.2) is 15.9 Å². The van der Waals surface area contributed by atoms with Gasteiger partial charge in [-0.05, 0) is 52.7 Å². The Bertz CT molecular complexity index is 731. The van der Waals surface area contributed by atoms with E-state index in [0.29, 0.717) is 15.7 Å². The molecule has 0 aliphatic carbocycles. The van der Waals surface area contributed by atoms with Gasteiger partial charge in [-0.2, -0.15) is 0 Å². The maximum absolute atomic E-state index is 12.2. The lowest BCUT2D eigenvalue weighted by molar-refractivity contribution is -0.385. The first-order valence-corrected chi connectivity index (χ1v) is 7.21. The molecule has 0 saturated carbocycles. The molecule has 7 heteroatoms. The molecular formula is C15H13BrN2O4. The minimum absolute atomic E-state index is 0.176. The van der Waals surface area contributed by atoms with Crippen LogP contribution >= 0.6 is 15.9 Å². The molecule has 2 aromatic rings. The molecule has 0 aliphatic heterocycles. The second-order valence-electron chi connectivity index (χ2n) is 4.68. The highest BCUT2D eigenvalue weighted by molar-refractivity contribution is 9.10. The number of benzene rings is 2. The van der Waals surface area contributed by atoms with Gasteiger partial charge < -0.3 is 10.4 Å². The van der Waals surface area contributed by atoms with E-state index < -0.39 is 16.9 Å². The number of nitrogens with one attached hydrogen (secondary N) is 1. The Hall–Kier alpha value is -2.25. The Labute approximate surface area is 135 Å². The number of nitro benzene ring substituents is 1. The maximum atomic E-state index is 12.2. The van der Waals surface area contributed by atoms with Crippen molar-refractivity contribution in [3.63, 3.8) is 0 Å². The van der Waals surface area contributed by atoms with Crippen molar-refractivity contribution in [2.75, 3.05) is 5.32 Å². The van der Waals surface area contributed by atoms with Crippen molar-refractivity contribution in [2.45, 2.75) is 13.0 Å². The summed E-state index contributed by atoms with van der Waals surface area (Å²) in [6, 6.07) is 10.9. The molecular weight excluding hydrogens is 352 g/mol. The first-order chi connectivity index (χ1) is 10.4. The molecule has 2 aromatic carbocycles. The summed E-state index contributed by atoms with van der Waals surface area (Å²) in [5, 5.41) is 23.1. The summed E-state index contributed by atoms with van der Waals surface area (Å²) < 4.78 is 0.310. The van der Waals surface area contributed by atoms with Crippen LogP contribution in [0.15, 0.2) is 46.9 Å². The fourth-order valence-corrected chi connectivity index (χ4v) is 2.26. The molecule has 1 atom stereocenters. The quantitative estimate of drug-likeness (QED) is 0.639. The van der Waals surface area contributed by atoms with Gasteiger partial charge >= 0.3 is 0 Å². The SMILES string of the molecule is CC(O)c1cccc(NC(=O)c2ccc(Br)c([N+](=O)[O-])c2)c1. The molecule has 0 aliphatic rings.